The molecule has 1 rings (SSSR count). The summed E-state index contributed by atoms with van der Waals surface area (Å²) in [5, 5.41) is 0. The normalized spacial score (nSPS) is 8.50. The van der Waals surface area contributed by atoms with Gasteiger partial charge in [-0.05, 0) is 12.1 Å². The van der Waals surface area contributed by atoms with Crippen LogP contribution in [0.1, 0.15) is 6.92 Å². The van der Waals surface area contributed by atoms with Crippen LogP contribution in [0.2, 0.25) is 0 Å². The quantitative estimate of drug-likeness (QED) is 0.518. The SMILES string of the molecule is CC(=O)Oc1ccccc1F.N. The largest absolute Gasteiger partial charge is 0.424 e. The van der Waals surface area contributed by atoms with Crippen LogP contribution in [-0.2, 0) is 4.79 Å². The molecule has 66 valence electrons. The summed E-state index contributed by atoms with van der Waals surface area (Å²) < 4.78 is 17.2. The Morgan fingerprint density at radius 2 is 2.00 bits per heavy atom. The summed E-state index contributed by atoms with van der Waals surface area (Å²) in [5.41, 5.74) is 0. The number of carbonyl (C=O) groups excluding carboxylic acids is 1. The monoisotopic (exact) mass is 171 g/mol. The molecule has 0 aliphatic carbocycles. The van der Waals surface area contributed by atoms with Crippen LogP contribution in [0, 0.1) is 5.82 Å². The first kappa shape index (κ1) is 10.6. The molecule has 0 aliphatic rings. The van der Waals surface area contributed by atoms with Crippen LogP contribution in [0.5, 0.6) is 5.75 Å². The van der Waals surface area contributed by atoms with E-state index < -0.39 is 11.8 Å². The minimum atomic E-state index is -0.525. The van der Waals surface area contributed by atoms with Crippen LogP contribution in [0.25, 0.3) is 0 Å². The van der Waals surface area contributed by atoms with E-state index >= 15 is 0 Å². The van der Waals surface area contributed by atoms with Crippen molar-refractivity contribution in [2.24, 2.45) is 0 Å². The van der Waals surface area contributed by atoms with E-state index in [0.717, 1.165) is 0 Å². The van der Waals surface area contributed by atoms with Crippen LogP contribution in [0.4, 0.5) is 4.39 Å². The fourth-order valence-electron chi connectivity index (χ4n) is 0.682. The molecule has 0 unspecified atom stereocenters. The van der Waals surface area contributed by atoms with Gasteiger partial charge in [-0.3, -0.25) is 4.79 Å². The second kappa shape index (κ2) is 4.46. The maximum Gasteiger partial charge on any atom is 0.308 e. The topological polar surface area (TPSA) is 61.3 Å². The van der Waals surface area contributed by atoms with Crippen molar-refractivity contribution in [2.75, 3.05) is 0 Å². The summed E-state index contributed by atoms with van der Waals surface area (Å²) in [7, 11) is 0. The van der Waals surface area contributed by atoms with E-state index in [9.17, 15) is 9.18 Å². The van der Waals surface area contributed by atoms with E-state index in [1.54, 1.807) is 6.07 Å². The number of hydrogen-bond acceptors (Lipinski definition) is 3. The third kappa shape index (κ3) is 2.67. The van der Waals surface area contributed by atoms with Crippen molar-refractivity contribution in [1.29, 1.82) is 0 Å². The first-order valence-electron chi connectivity index (χ1n) is 3.13. The zero-order chi connectivity index (χ0) is 8.27. The molecule has 12 heavy (non-hydrogen) atoms. The Morgan fingerprint density at radius 3 is 2.50 bits per heavy atom. The van der Waals surface area contributed by atoms with Gasteiger partial charge in [0.15, 0.2) is 11.6 Å². The number of benzene rings is 1. The highest BCUT2D eigenvalue weighted by atomic mass is 19.1. The van der Waals surface area contributed by atoms with E-state index in [4.69, 9.17) is 0 Å². The Labute approximate surface area is 69.7 Å². The minimum absolute atomic E-state index is 0. The van der Waals surface area contributed by atoms with Gasteiger partial charge < -0.3 is 10.9 Å². The maximum absolute atomic E-state index is 12.7. The molecule has 1 aromatic rings. The van der Waals surface area contributed by atoms with Gasteiger partial charge in [0.25, 0.3) is 0 Å². The van der Waals surface area contributed by atoms with E-state index in [-0.39, 0.29) is 11.9 Å². The smallest absolute Gasteiger partial charge is 0.308 e. The average molecular weight is 171 g/mol. The Hall–Kier alpha value is -1.42. The zero-order valence-corrected chi connectivity index (χ0v) is 6.71. The van der Waals surface area contributed by atoms with Crippen LogP contribution in [0.15, 0.2) is 24.3 Å². The molecule has 0 fully saturated rings. The van der Waals surface area contributed by atoms with Crippen molar-refractivity contribution in [3.05, 3.63) is 30.1 Å². The lowest BCUT2D eigenvalue weighted by Gasteiger charge is -2.00. The molecule has 1 aromatic carbocycles. The molecule has 0 amide bonds. The van der Waals surface area contributed by atoms with E-state index in [1.165, 1.54) is 25.1 Å². The summed E-state index contributed by atoms with van der Waals surface area (Å²) in [4.78, 5) is 10.4. The lowest BCUT2D eigenvalue weighted by molar-refractivity contribution is -0.132. The molecule has 0 atom stereocenters. The first-order valence-corrected chi connectivity index (χ1v) is 3.13. The van der Waals surface area contributed by atoms with Crippen molar-refractivity contribution in [3.8, 4) is 5.75 Å². The molecule has 0 aromatic heterocycles. The molecule has 0 spiro atoms. The first-order chi connectivity index (χ1) is 5.20. The summed E-state index contributed by atoms with van der Waals surface area (Å²) in [6.07, 6.45) is 0. The van der Waals surface area contributed by atoms with Crippen molar-refractivity contribution in [2.45, 2.75) is 6.92 Å². The molecule has 3 N–H and O–H groups in total. The van der Waals surface area contributed by atoms with E-state index in [0.29, 0.717) is 0 Å². The van der Waals surface area contributed by atoms with Crippen LogP contribution in [0.3, 0.4) is 0 Å². The molecule has 0 bridgehead atoms. The third-order valence-electron chi connectivity index (χ3n) is 1.09. The number of ether oxygens (including phenoxy) is 1. The fraction of sp³-hybridized carbons (Fsp3) is 0.125. The molecule has 0 saturated heterocycles. The molecular weight excluding hydrogens is 161 g/mol. The predicted molar refractivity (Wildman–Crippen MR) is 42.7 cm³/mol. The van der Waals surface area contributed by atoms with Crippen molar-refractivity contribution in [1.82, 2.24) is 6.15 Å². The number of hydrogen-bond donors (Lipinski definition) is 1. The summed E-state index contributed by atoms with van der Waals surface area (Å²) in [6, 6.07) is 5.76. The molecule has 3 nitrogen and oxygen atoms in total. The number of rotatable bonds is 1. The fourth-order valence-corrected chi connectivity index (χ4v) is 0.682. The van der Waals surface area contributed by atoms with Gasteiger partial charge in [-0.1, -0.05) is 12.1 Å². The summed E-state index contributed by atoms with van der Waals surface area (Å²) >= 11 is 0. The van der Waals surface area contributed by atoms with Crippen molar-refractivity contribution < 1.29 is 13.9 Å². The van der Waals surface area contributed by atoms with Gasteiger partial charge in [0.1, 0.15) is 0 Å². The molecule has 0 aliphatic heterocycles. The lowest BCUT2D eigenvalue weighted by Crippen LogP contribution is -2.02. The van der Waals surface area contributed by atoms with Crippen LogP contribution >= 0.6 is 0 Å². The highest BCUT2D eigenvalue weighted by Gasteiger charge is 2.02. The number of carbonyl (C=O) groups is 1. The second-order valence-corrected chi connectivity index (χ2v) is 2.02. The van der Waals surface area contributed by atoms with Crippen molar-refractivity contribution in [3.63, 3.8) is 0 Å². The van der Waals surface area contributed by atoms with E-state index in [1.807, 2.05) is 0 Å². The Balaban J connectivity index is 0.00000121. The minimum Gasteiger partial charge on any atom is -0.424 e. The Bertz CT molecular complexity index is 276. The van der Waals surface area contributed by atoms with Gasteiger partial charge in [0.2, 0.25) is 0 Å². The summed E-state index contributed by atoms with van der Waals surface area (Å²) in [6.45, 7) is 1.23. The molecule has 4 heteroatoms. The lowest BCUT2D eigenvalue weighted by atomic mass is 10.3. The van der Waals surface area contributed by atoms with Gasteiger partial charge in [-0.15, -0.1) is 0 Å². The van der Waals surface area contributed by atoms with Crippen LogP contribution in [-0.4, -0.2) is 5.97 Å². The number of para-hydroxylation sites is 1. The molecule has 0 saturated carbocycles. The second-order valence-electron chi connectivity index (χ2n) is 2.02. The highest BCUT2D eigenvalue weighted by molar-refractivity contribution is 5.69. The highest BCUT2D eigenvalue weighted by Crippen LogP contribution is 2.14. The predicted octanol–water partition coefficient (Wildman–Crippen LogP) is 1.91. The average Bonchev–Trinajstić information content (AvgIpc) is 1.93. The van der Waals surface area contributed by atoms with Gasteiger partial charge in [0, 0.05) is 6.92 Å². The zero-order valence-electron chi connectivity index (χ0n) is 6.71. The Morgan fingerprint density at radius 1 is 1.42 bits per heavy atom. The molecular formula is C8H10FNO2. The third-order valence-corrected chi connectivity index (χ3v) is 1.09. The van der Waals surface area contributed by atoms with Gasteiger partial charge in [-0.2, -0.15) is 0 Å². The number of esters is 1. The van der Waals surface area contributed by atoms with Crippen LogP contribution < -0.4 is 10.9 Å². The van der Waals surface area contributed by atoms with E-state index in [2.05, 4.69) is 4.74 Å². The number of halogens is 1. The maximum atomic E-state index is 12.7. The Kier molecular flexibility index (Phi) is 3.93. The van der Waals surface area contributed by atoms with Gasteiger partial charge in [-0.25, -0.2) is 4.39 Å². The van der Waals surface area contributed by atoms with Gasteiger partial charge >= 0.3 is 5.97 Å². The van der Waals surface area contributed by atoms with Crippen molar-refractivity contribution >= 4 is 5.97 Å². The standard InChI is InChI=1S/C8H7FO2.H3N/c1-6(10)11-8-5-3-2-4-7(8)9;/h2-5H,1H3;1H3. The summed E-state index contributed by atoms with van der Waals surface area (Å²) in [5.74, 6) is -1.07. The van der Waals surface area contributed by atoms with Gasteiger partial charge in [0.05, 0.1) is 0 Å². The molecule has 0 heterocycles. The molecule has 0 radical (unpaired) electrons.